The van der Waals surface area contributed by atoms with E-state index >= 15 is 0 Å². The minimum Gasteiger partial charge on any atom is -0.351 e. The van der Waals surface area contributed by atoms with Crippen molar-refractivity contribution in [2.75, 3.05) is 13.1 Å². The number of urea groups is 1. The van der Waals surface area contributed by atoms with Crippen LogP contribution in [-0.4, -0.2) is 47.9 Å². The molecule has 24 heavy (non-hydrogen) atoms. The highest BCUT2D eigenvalue weighted by molar-refractivity contribution is 7.10. The molecule has 8 heteroatoms. The molecule has 1 N–H and O–H groups in total. The average molecular weight is 342 g/mol. The summed E-state index contributed by atoms with van der Waals surface area (Å²) < 4.78 is 0. The summed E-state index contributed by atoms with van der Waals surface area (Å²) in [7, 11) is 0. The van der Waals surface area contributed by atoms with Crippen LogP contribution >= 0.6 is 11.3 Å². The molecule has 2 aliphatic rings. The van der Waals surface area contributed by atoms with E-state index in [2.05, 4.69) is 15.3 Å². The zero-order valence-corrected chi connectivity index (χ0v) is 13.4. The summed E-state index contributed by atoms with van der Waals surface area (Å²) in [5.41, 5.74) is 0. The van der Waals surface area contributed by atoms with Gasteiger partial charge in [-0.05, 0) is 23.6 Å². The zero-order valence-electron chi connectivity index (χ0n) is 12.6. The molecule has 7 nitrogen and oxygen atoms in total. The normalized spacial score (nSPS) is 19.6. The maximum atomic E-state index is 12.3. The molecular formula is C16H14N4O3S. The van der Waals surface area contributed by atoms with Gasteiger partial charge in [-0.25, -0.2) is 9.79 Å². The maximum absolute atomic E-state index is 12.3. The Morgan fingerprint density at radius 3 is 3.08 bits per heavy atom. The summed E-state index contributed by atoms with van der Waals surface area (Å²) in [5, 5.41) is 4.56. The van der Waals surface area contributed by atoms with E-state index in [-0.39, 0.29) is 30.7 Å². The number of fused-ring (bicyclic) bond motifs is 1. The molecule has 3 heterocycles. The Labute approximate surface area is 142 Å². The molecule has 0 saturated heterocycles. The van der Waals surface area contributed by atoms with Crippen LogP contribution in [0.4, 0.5) is 4.79 Å². The van der Waals surface area contributed by atoms with Gasteiger partial charge < -0.3 is 5.32 Å². The monoisotopic (exact) mass is 342 g/mol. The molecular weight excluding hydrogens is 328 g/mol. The van der Waals surface area contributed by atoms with E-state index in [1.807, 2.05) is 17.5 Å². The number of rotatable bonds is 5. The van der Waals surface area contributed by atoms with E-state index in [0.717, 1.165) is 9.78 Å². The highest BCUT2D eigenvalue weighted by Gasteiger charge is 2.36. The number of aliphatic imine (C=N–C) groups is 2. The third-order valence-electron chi connectivity index (χ3n) is 3.42. The summed E-state index contributed by atoms with van der Waals surface area (Å²) in [6.45, 7) is 0.233. The van der Waals surface area contributed by atoms with Gasteiger partial charge in [-0.15, -0.1) is 11.3 Å². The van der Waals surface area contributed by atoms with Crippen molar-refractivity contribution in [3.05, 3.63) is 40.6 Å². The number of amidine groups is 1. The van der Waals surface area contributed by atoms with Crippen molar-refractivity contribution >= 4 is 47.3 Å². The van der Waals surface area contributed by atoms with Gasteiger partial charge in [0.15, 0.2) is 0 Å². The topological polar surface area (TPSA) is 91.2 Å². The van der Waals surface area contributed by atoms with E-state index in [1.165, 1.54) is 23.6 Å². The van der Waals surface area contributed by atoms with Crippen molar-refractivity contribution in [1.82, 2.24) is 10.2 Å². The summed E-state index contributed by atoms with van der Waals surface area (Å²) in [6, 6.07) is 3.14. The lowest BCUT2D eigenvalue weighted by atomic mass is 10.0. The van der Waals surface area contributed by atoms with Crippen LogP contribution < -0.4 is 5.32 Å². The molecule has 1 aromatic rings. The van der Waals surface area contributed by atoms with Crippen LogP contribution in [0.25, 0.3) is 6.08 Å². The molecule has 122 valence electrons. The number of thiophene rings is 1. The predicted octanol–water partition coefficient (Wildman–Crippen LogP) is 1.49. The smallest absolute Gasteiger partial charge is 0.351 e. The van der Waals surface area contributed by atoms with Crippen LogP contribution in [-0.2, 0) is 9.59 Å². The Morgan fingerprint density at radius 1 is 1.42 bits per heavy atom. The molecule has 0 bridgehead atoms. The third-order valence-corrected chi connectivity index (χ3v) is 4.26. The standard InChI is InChI=1S/C16H14N4O3S/c21-13(6-5-11-3-2-10-24-11)17-8-9-20-15(22)12-4-1-7-18-14(12)19-16(20)23/h1-7,10,12H,8-9H2,(H,17,21)/b6-5+. The predicted molar refractivity (Wildman–Crippen MR) is 92.0 cm³/mol. The van der Waals surface area contributed by atoms with Crippen molar-refractivity contribution in [3.8, 4) is 0 Å². The molecule has 0 aromatic carbocycles. The van der Waals surface area contributed by atoms with Gasteiger partial charge in [0, 0.05) is 30.3 Å². The molecule has 1 aromatic heterocycles. The Hall–Kier alpha value is -2.87. The molecule has 4 amide bonds. The van der Waals surface area contributed by atoms with Gasteiger partial charge in [0.2, 0.25) is 11.8 Å². The van der Waals surface area contributed by atoms with Crippen LogP contribution in [0.2, 0.25) is 0 Å². The molecule has 3 rings (SSSR count). The van der Waals surface area contributed by atoms with Crippen molar-refractivity contribution in [3.63, 3.8) is 0 Å². The number of nitrogens with zero attached hydrogens (tertiary/aromatic N) is 3. The van der Waals surface area contributed by atoms with Crippen molar-refractivity contribution in [1.29, 1.82) is 0 Å². The molecule has 0 fully saturated rings. The van der Waals surface area contributed by atoms with Crippen molar-refractivity contribution < 1.29 is 14.4 Å². The van der Waals surface area contributed by atoms with Gasteiger partial charge in [0.1, 0.15) is 11.8 Å². The first-order valence-electron chi connectivity index (χ1n) is 7.29. The minimum absolute atomic E-state index is 0.0705. The molecule has 0 aliphatic carbocycles. The number of hydrogen-bond donors (Lipinski definition) is 1. The number of dihydropyridines is 1. The van der Waals surface area contributed by atoms with Crippen LogP contribution in [0.3, 0.4) is 0 Å². The fraction of sp³-hybridized carbons (Fsp3) is 0.188. The average Bonchev–Trinajstić information content (AvgIpc) is 3.09. The fourth-order valence-electron chi connectivity index (χ4n) is 2.26. The summed E-state index contributed by atoms with van der Waals surface area (Å²) in [6.07, 6.45) is 7.91. The lowest BCUT2D eigenvalue weighted by molar-refractivity contribution is -0.129. The molecule has 2 aliphatic heterocycles. The number of carbonyl (C=O) groups excluding carboxylic acids is 3. The fourth-order valence-corrected chi connectivity index (χ4v) is 2.88. The van der Waals surface area contributed by atoms with E-state index in [0.29, 0.717) is 0 Å². The van der Waals surface area contributed by atoms with Crippen molar-refractivity contribution in [2.45, 2.75) is 0 Å². The van der Waals surface area contributed by atoms with Gasteiger partial charge in [-0.1, -0.05) is 12.1 Å². The first kappa shape index (κ1) is 16.0. The van der Waals surface area contributed by atoms with E-state index in [9.17, 15) is 14.4 Å². The van der Waals surface area contributed by atoms with E-state index in [1.54, 1.807) is 18.2 Å². The van der Waals surface area contributed by atoms with Crippen molar-refractivity contribution in [2.24, 2.45) is 15.9 Å². The van der Waals surface area contributed by atoms with Crippen LogP contribution in [0.5, 0.6) is 0 Å². The molecule has 0 saturated carbocycles. The Morgan fingerprint density at radius 2 is 2.29 bits per heavy atom. The van der Waals surface area contributed by atoms with Crippen LogP contribution in [0, 0.1) is 5.92 Å². The SMILES string of the molecule is O=C(/C=C/c1cccs1)NCCN1C(=O)N=C2N=CC=CC2C1=O. The number of hydrogen-bond acceptors (Lipinski definition) is 5. The summed E-state index contributed by atoms with van der Waals surface area (Å²) in [4.78, 5) is 45.7. The molecule has 0 spiro atoms. The highest BCUT2D eigenvalue weighted by atomic mass is 32.1. The molecule has 0 radical (unpaired) electrons. The Balaban J connectivity index is 1.53. The highest BCUT2D eigenvalue weighted by Crippen LogP contribution is 2.18. The summed E-state index contributed by atoms with van der Waals surface area (Å²) >= 11 is 1.53. The number of nitrogens with one attached hydrogen (secondary N) is 1. The third kappa shape index (κ3) is 3.54. The van der Waals surface area contributed by atoms with E-state index < -0.39 is 11.9 Å². The maximum Gasteiger partial charge on any atom is 0.352 e. The van der Waals surface area contributed by atoms with Gasteiger partial charge in [-0.2, -0.15) is 4.99 Å². The number of imide groups is 1. The Kier molecular flexibility index (Phi) is 4.76. The first-order valence-corrected chi connectivity index (χ1v) is 8.17. The molecule has 1 unspecified atom stereocenters. The van der Waals surface area contributed by atoms with Crippen LogP contribution in [0.1, 0.15) is 4.88 Å². The second kappa shape index (κ2) is 7.14. The summed E-state index contributed by atoms with van der Waals surface area (Å²) in [5.74, 6) is -1.07. The number of allylic oxidation sites excluding steroid dienone is 1. The number of carbonyl (C=O) groups is 3. The lowest BCUT2D eigenvalue weighted by Crippen LogP contribution is -2.48. The zero-order chi connectivity index (χ0) is 16.9. The Bertz CT molecular complexity index is 777. The second-order valence-corrected chi connectivity index (χ2v) is 6.00. The second-order valence-electron chi connectivity index (χ2n) is 5.02. The van der Waals surface area contributed by atoms with Gasteiger partial charge >= 0.3 is 6.03 Å². The van der Waals surface area contributed by atoms with Gasteiger partial charge in [0.05, 0.1) is 0 Å². The quantitative estimate of drug-likeness (QED) is 0.822. The van der Waals surface area contributed by atoms with Gasteiger partial charge in [-0.3, -0.25) is 14.5 Å². The largest absolute Gasteiger partial charge is 0.352 e. The number of amides is 4. The molecule has 1 atom stereocenters. The van der Waals surface area contributed by atoms with Gasteiger partial charge in [0.25, 0.3) is 0 Å². The lowest BCUT2D eigenvalue weighted by Gasteiger charge is -2.27. The first-order chi connectivity index (χ1) is 11.6. The van der Waals surface area contributed by atoms with Crippen LogP contribution in [0.15, 0.2) is 45.7 Å². The minimum atomic E-state index is -0.651. The van der Waals surface area contributed by atoms with E-state index in [4.69, 9.17) is 0 Å².